The molecule has 1 aliphatic rings. The van der Waals surface area contributed by atoms with Crippen molar-refractivity contribution in [1.82, 2.24) is 14.2 Å². The number of fused-ring (bicyclic) bond motifs is 1. The molecule has 158 valence electrons. The first-order chi connectivity index (χ1) is 14.3. The van der Waals surface area contributed by atoms with E-state index < -0.39 is 10.0 Å². The highest BCUT2D eigenvalue weighted by Gasteiger charge is 2.30. The largest absolute Gasteiger partial charge is 0.350 e. The van der Waals surface area contributed by atoms with Crippen LogP contribution in [0.25, 0.3) is 10.9 Å². The van der Waals surface area contributed by atoms with E-state index in [9.17, 15) is 13.2 Å². The highest BCUT2D eigenvalue weighted by molar-refractivity contribution is 7.88. The highest BCUT2D eigenvalue weighted by atomic mass is 32.2. The number of H-pyrrole nitrogens is 1. The van der Waals surface area contributed by atoms with Gasteiger partial charge in [-0.15, -0.1) is 0 Å². The lowest BCUT2D eigenvalue weighted by Crippen LogP contribution is -2.50. The van der Waals surface area contributed by atoms with Gasteiger partial charge in [0.05, 0.1) is 5.75 Å². The van der Waals surface area contributed by atoms with E-state index in [4.69, 9.17) is 0 Å². The number of piperazine rings is 1. The van der Waals surface area contributed by atoms with Gasteiger partial charge in [-0.1, -0.05) is 36.4 Å². The zero-order valence-corrected chi connectivity index (χ0v) is 18.4. The van der Waals surface area contributed by atoms with Crippen LogP contribution in [0.3, 0.4) is 0 Å². The third kappa shape index (κ3) is 3.87. The van der Waals surface area contributed by atoms with Crippen LogP contribution in [0.5, 0.6) is 0 Å². The van der Waals surface area contributed by atoms with Gasteiger partial charge in [0, 0.05) is 37.1 Å². The van der Waals surface area contributed by atoms with E-state index in [1.54, 1.807) is 4.90 Å². The summed E-state index contributed by atoms with van der Waals surface area (Å²) in [4.78, 5) is 18.1. The van der Waals surface area contributed by atoms with Crippen molar-refractivity contribution in [3.05, 3.63) is 70.4 Å². The molecule has 0 unspecified atom stereocenters. The van der Waals surface area contributed by atoms with Gasteiger partial charge in [-0.2, -0.15) is 4.31 Å². The quantitative estimate of drug-likeness (QED) is 0.696. The van der Waals surface area contributed by atoms with E-state index in [0.717, 1.165) is 27.6 Å². The molecule has 0 bridgehead atoms. The molecule has 1 aliphatic heterocycles. The van der Waals surface area contributed by atoms with Crippen LogP contribution in [-0.4, -0.2) is 54.7 Å². The number of nitrogens with zero attached hydrogens (tertiary/aromatic N) is 2. The van der Waals surface area contributed by atoms with E-state index >= 15 is 0 Å². The van der Waals surface area contributed by atoms with E-state index in [1.165, 1.54) is 9.87 Å². The summed E-state index contributed by atoms with van der Waals surface area (Å²) in [6.45, 7) is 7.58. The predicted octanol–water partition coefficient (Wildman–Crippen LogP) is 3.38. The first-order valence-corrected chi connectivity index (χ1v) is 11.8. The molecule has 1 aromatic heterocycles. The molecular weight excluding hydrogens is 398 g/mol. The fourth-order valence-corrected chi connectivity index (χ4v) is 5.62. The first-order valence-electron chi connectivity index (χ1n) is 10.2. The monoisotopic (exact) mass is 425 g/mol. The summed E-state index contributed by atoms with van der Waals surface area (Å²) in [7, 11) is -3.40. The minimum Gasteiger partial charge on any atom is -0.350 e. The summed E-state index contributed by atoms with van der Waals surface area (Å²) in [6, 6.07) is 13.2. The molecular formula is C23H27N3O3S. The van der Waals surface area contributed by atoms with Gasteiger partial charge in [-0.05, 0) is 49.1 Å². The standard InChI is InChI=1S/C23H27N3O3S/c1-16-13-17(2)20-14-21(24-22(20)18(16)3)23(27)25-9-11-26(12-10-25)30(28,29)15-19-7-5-4-6-8-19/h4-8,13-14,24H,9-12,15H2,1-3H3. The minimum absolute atomic E-state index is 0.0122. The molecule has 0 aliphatic carbocycles. The van der Waals surface area contributed by atoms with Gasteiger partial charge in [0.15, 0.2) is 0 Å². The van der Waals surface area contributed by atoms with E-state index in [-0.39, 0.29) is 11.7 Å². The SMILES string of the molecule is Cc1cc(C)c2cc(C(=O)N3CCN(S(=O)(=O)Cc4ccccc4)CC3)[nH]c2c1C. The lowest BCUT2D eigenvalue weighted by molar-refractivity contribution is 0.0693. The molecule has 2 aromatic carbocycles. The second-order valence-electron chi connectivity index (χ2n) is 8.04. The van der Waals surface area contributed by atoms with Gasteiger partial charge in [-0.25, -0.2) is 8.42 Å². The third-order valence-corrected chi connectivity index (χ3v) is 7.83. The number of carbonyl (C=O) groups excluding carboxylic acids is 1. The Morgan fingerprint density at radius 2 is 1.63 bits per heavy atom. The molecule has 0 spiro atoms. The van der Waals surface area contributed by atoms with Crippen molar-refractivity contribution in [2.75, 3.05) is 26.2 Å². The Labute approximate surface area is 177 Å². The maximum absolute atomic E-state index is 13.1. The Morgan fingerprint density at radius 1 is 0.967 bits per heavy atom. The molecule has 0 radical (unpaired) electrons. The third-order valence-electron chi connectivity index (χ3n) is 5.98. The van der Waals surface area contributed by atoms with Gasteiger partial charge in [0.25, 0.3) is 5.91 Å². The minimum atomic E-state index is -3.40. The Bertz CT molecular complexity index is 1190. The molecule has 1 fully saturated rings. The Balaban J connectivity index is 1.46. The summed E-state index contributed by atoms with van der Waals surface area (Å²) in [5, 5.41) is 1.06. The van der Waals surface area contributed by atoms with Gasteiger partial charge >= 0.3 is 0 Å². The molecule has 2 heterocycles. The van der Waals surface area contributed by atoms with Crippen molar-refractivity contribution in [2.24, 2.45) is 0 Å². The number of rotatable bonds is 4. The lowest BCUT2D eigenvalue weighted by Gasteiger charge is -2.33. The number of carbonyl (C=O) groups is 1. The van der Waals surface area contributed by atoms with Crippen molar-refractivity contribution in [3.63, 3.8) is 0 Å². The fraction of sp³-hybridized carbons (Fsp3) is 0.348. The van der Waals surface area contributed by atoms with Crippen molar-refractivity contribution in [1.29, 1.82) is 0 Å². The summed E-state index contributed by atoms with van der Waals surface area (Å²) < 4.78 is 27.0. The number of hydrogen-bond donors (Lipinski definition) is 1. The van der Waals surface area contributed by atoms with Crippen LogP contribution in [0, 0.1) is 20.8 Å². The molecule has 30 heavy (non-hydrogen) atoms. The summed E-state index contributed by atoms with van der Waals surface area (Å²) >= 11 is 0. The van der Waals surface area contributed by atoms with Crippen LogP contribution in [0.15, 0.2) is 42.5 Å². The highest BCUT2D eigenvalue weighted by Crippen LogP contribution is 2.26. The number of nitrogens with one attached hydrogen (secondary N) is 1. The maximum Gasteiger partial charge on any atom is 0.270 e. The van der Waals surface area contributed by atoms with Crippen LogP contribution in [-0.2, 0) is 15.8 Å². The van der Waals surface area contributed by atoms with Crippen LogP contribution < -0.4 is 0 Å². The van der Waals surface area contributed by atoms with Gasteiger partial charge < -0.3 is 9.88 Å². The van der Waals surface area contributed by atoms with Crippen LogP contribution in [0.4, 0.5) is 0 Å². The number of amides is 1. The van der Waals surface area contributed by atoms with Gasteiger partial charge in [0.1, 0.15) is 5.69 Å². The second kappa shape index (κ2) is 7.89. The van der Waals surface area contributed by atoms with Crippen molar-refractivity contribution >= 4 is 26.8 Å². The predicted molar refractivity (Wildman–Crippen MR) is 119 cm³/mol. The van der Waals surface area contributed by atoms with E-state index in [2.05, 4.69) is 24.9 Å². The molecule has 3 aromatic rings. The zero-order chi connectivity index (χ0) is 21.5. The molecule has 1 amide bonds. The summed E-state index contributed by atoms with van der Waals surface area (Å²) in [6.07, 6.45) is 0. The zero-order valence-electron chi connectivity index (χ0n) is 17.6. The fourth-order valence-electron chi connectivity index (χ4n) is 4.10. The Kier molecular flexibility index (Phi) is 5.42. The normalized spacial score (nSPS) is 15.6. The van der Waals surface area contributed by atoms with Crippen molar-refractivity contribution in [2.45, 2.75) is 26.5 Å². The summed E-state index contributed by atoms with van der Waals surface area (Å²) in [5.41, 5.74) is 5.81. The van der Waals surface area contributed by atoms with E-state index in [0.29, 0.717) is 31.9 Å². The van der Waals surface area contributed by atoms with Gasteiger partial charge in [-0.3, -0.25) is 4.79 Å². The Hall–Kier alpha value is -2.64. The van der Waals surface area contributed by atoms with Crippen LogP contribution in [0.2, 0.25) is 0 Å². The Morgan fingerprint density at radius 3 is 2.30 bits per heavy atom. The van der Waals surface area contributed by atoms with E-state index in [1.807, 2.05) is 43.3 Å². The summed E-state index contributed by atoms with van der Waals surface area (Å²) in [5.74, 6) is -0.0930. The van der Waals surface area contributed by atoms with Crippen molar-refractivity contribution < 1.29 is 13.2 Å². The molecule has 1 N–H and O–H groups in total. The first kappa shape index (κ1) is 20.6. The maximum atomic E-state index is 13.1. The number of hydrogen-bond acceptors (Lipinski definition) is 3. The number of sulfonamides is 1. The topological polar surface area (TPSA) is 73.5 Å². The van der Waals surface area contributed by atoms with Crippen LogP contribution in [0.1, 0.15) is 32.7 Å². The number of aromatic amines is 1. The van der Waals surface area contributed by atoms with Crippen LogP contribution >= 0.6 is 0 Å². The lowest BCUT2D eigenvalue weighted by atomic mass is 10.0. The molecule has 6 nitrogen and oxygen atoms in total. The molecule has 0 saturated carbocycles. The van der Waals surface area contributed by atoms with Crippen molar-refractivity contribution in [3.8, 4) is 0 Å². The molecule has 4 rings (SSSR count). The average molecular weight is 426 g/mol. The second-order valence-corrected chi connectivity index (χ2v) is 10.0. The smallest absolute Gasteiger partial charge is 0.270 e. The average Bonchev–Trinajstić information content (AvgIpc) is 3.18. The number of aryl methyl sites for hydroxylation is 3. The number of benzene rings is 2. The van der Waals surface area contributed by atoms with Gasteiger partial charge in [0.2, 0.25) is 10.0 Å². The molecule has 7 heteroatoms. The molecule has 0 atom stereocenters. The molecule has 1 saturated heterocycles. The number of aromatic nitrogens is 1.